The van der Waals surface area contributed by atoms with E-state index in [0.717, 1.165) is 103 Å². The molecule has 0 aliphatic carbocycles. The highest BCUT2D eigenvalue weighted by Crippen LogP contribution is 2.23. The molecule has 7 atom stereocenters. The Kier molecular flexibility index (Phi) is 59.0. The Morgan fingerprint density at radius 1 is 0.417 bits per heavy atom. The molecule has 0 spiro atoms. The Labute approximate surface area is 516 Å². The molecule has 1 fully saturated rings. The van der Waals surface area contributed by atoms with Gasteiger partial charge in [0.15, 0.2) is 6.29 Å². The molecule has 1 rings (SSSR count). The van der Waals surface area contributed by atoms with Crippen LogP contribution < -0.4 is 5.32 Å². The van der Waals surface area contributed by atoms with Gasteiger partial charge in [-0.15, -0.1) is 0 Å². The van der Waals surface area contributed by atoms with Crippen LogP contribution in [-0.2, 0) is 14.3 Å². The molecule has 0 bridgehead atoms. The van der Waals surface area contributed by atoms with Crippen LogP contribution in [-0.4, -0.2) is 87.5 Å². The van der Waals surface area contributed by atoms with E-state index in [1.807, 2.05) is 6.08 Å². The van der Waals surface area contributed by atoms with E-state index in [1.165, 1.54) is 180 Å². The van der Waals surface area contributed by atoms with Gasteiger partial charge in [0.05, 0.1) is 25.4 Å². The molecule has 484 valence electrons. The number of hydrogen-bond acceptors (Lipinski definition) is 8. The van der Waals surface area contributed by atoms with Gasteiger partial charge < -0.3 is 40.3 Å². The van der Waals surface area contributed by atoms with Gasteiger partial charge >= 0.3 is 0 Å². The fourth-order valence-corrected chi connectivity index (χ4v) is 10.6. The van der Waals surface area contributed by atoms with Crippen LogP contribution in [0.1, 0.15) is 303 Å². The van der Waals surface area contributed by atoms with Crippen LogP contribution in [0.25, 0.3) is 0 Å². The first-order valence-electron chi connectivity index (χ1n) is 35.1. The summed E-state index contributed by atoms with van der Waals surface area (Å²) >= 11 is 0. The minimum Gasteiger partial charge on any atom is -0.394 e. The number of carbonyl (C=O) groups excluding carboxylic acids is 1. The van der Waals surface area contributed by atoms with E-state index in [1.54, 1.807) is 6.08 Å². The summed E-state index contributed by atoms with van der Waals surface area (Å²) in [5, 5.41) is 54.8. The van der Waals surface area contributed by atoms with Gasteiger partial charge in [-0.3, -0.25) is 4.79 Å². The summed E-state index contributed by atoms with van der Waals surface area (Å²) in [6, 6.07) is -0.816. The van der Waals surface area contributed by atoms with Crippen molar-refractivity contribution in [1.82, 2.24) is 5.32 Å². The van der Waals surface area contributed by atoms with Crippen molar-refractivity contribution in [3.05, 3.63) is 109 Å². The van der Waals surface area contributed by atoms with Crippen molar-refractivity contribution in [2.75, 3.05) is 13.2 Å². The molecule has 84 heavy (non-hydrogen) atoms. The van der Waals surface area contributed by atoms with Crippen molar-refractivity contribution in [2.45, 2.75) is 346 Å². The molecule has 6 N–H and O–H groups in total. The summed E-state index contributed by atoms with van der Waals surface area (Å²) in [6.07, 6.45) is 86.1. The summed E-state index contributed by atoms with van der Waals surface area (Å²) in [4.78, 5) is 13.1. The van der Waals surface area contributed by atoms with Gasteiger partial charge in [-0.2, -0.15) is 0 Å². The Balaban J connectivity index is 2.16. The molecule has 0 saturated carbocycles. The molecule has 1 aliphatic rings. The van der Waals surface area contributed by atoms with E-state index in [0.29, 0.717) is 6.42 Å². The summed E-state index contributed by atoms with van der Waals surface area (Å²) in [7, 11) is 0. The molecule has 1 amide bonds. The Hall–Kier alpha value is -3.15. The standard InChI is InChI=1S/C75H131NO8/c1-3-5-7-9-11-13-15-17-19-21-23-25-27-29-31-32-33-34-35-36-37-38-39-41-43-45-47-49-51-53-55-57-59-61-63-65-71(79)76-68(67-83-75-74(82)73(81)72(80)70(66-77)84-75)69(78)64-62-60-58-56-54-52-50-48-46-44-42-40-30-28-26-24-22-20-18-16-14-12-10-8-6-4-2/h5,7,11,13,17,19,23,25,29,31,33-34,36-37,39,41,62,64,68-70,72-75,77-78,80-82H,3-4,6,8-10,12,14-16,18,20-22,24,26-28,30,32,35,38,40,42-61,63,65-67H2,1-2H3,(H,76,79)/b7-5-,13-11-,19-17-,25-23-,31-29-,34-33-,37-36-,41-39-,64-62+. The number of unbranched alkanes of at least 4 members (excludes halogenated alkanes) is 34. The number of amides is 1. The monoisotopic (exact) mass is 1170 g/mol. The minimum absolute atomic E-state index is 0.182. The van der Waals surface area contributed by atoms with Crippen LogP contribution in [0.4, 0.5) is 0 Å². The zero-order valence-electron chi connectivity index (χ0n) is 54.1. The average Bonchev–Trinajstić information content (AvgIpc) is 3.70. The Morgan fingerprint density at radius 3 is 1.10 bits per heavy atom. The van der Waals surface area contributed by atoms with Crippen LogP contribution in [0.3, 0.4) is 0 Å². The molecule has 1 heterocycles. The van der Waals surface area contributed by atoms with Crippen molar-refractivity contribution in [3.8, 4) is 0 Å². The van der Waals surface area contributed by atoms with Gasteiger partial charge in [0.2, 0.25) is 5.91 Å². The quantitative estimate of drug-likeness (QED) is 0.0261. The van der Waals surface area contributed by atoms with Crippen molar-refractivity contribution < 1.29 is 39.8 Å². The number of nitrogens with one attached hydrogen (secondary N) is 1. The van der Waals surface area contributed by atoms with Gasteiger partial charge in [-0.1, -0.05) is 322 Å². The number of aliphatic hydroxyl groups excluding tert-OH is 5. The highest BCUT2D eigenvalue weighted by atomic mass is 16.7. The van der Waals surface area contributed by atoms with Crippen LogP contribution in [0.5, 0.6) is 0 Å². The molecular formula is C75H131NO8. The normalized spacial score (nSPS) is 18.9. The first-order chi connectivity index (χ1) is 41.3. The van der Waals surface area contributed by atoms with Crippen molar-refractivity contribution >= 4 is 5.91 Å². The number of aliphatic hydroxyl groups is 5. The minimum atomic E-state index is -1.57. The molecule has 9 heteroatoms. The van der Waals surface area contributed by atoms with Gasteiger partial charge in [0, 0.05) is 6.42 Å². The molecule has 0 aromatic heterocycles. The molecule has 0 aromatic carbocycles. The van der Waals surface area contributed by atoms with Crippen molar-refractivity contribution in [1.29, 1.82) is 0 Å². The first-order valence-corrected chi connectivity index (χ1v) is 35.1. The molecule has 1 aliphatic heterocycles. The summed E-state index contributed by atoms with van der Waals surface area (Å²) in [6.45, 7) is 3.69. The lowest BCUT2D eigenvalue weighted by Crippen LogP contribution is -2.60. The second-order valence-electron chi connectivity index (χ2n) is 23.9. The maximum absolute atomic E-state index is 13.1. The fraction of sp³-hybridized carbons (Fsp3) is 0.747. The SMILES string of the molecule is CC/C=C\C/C=C\C/C=C\C/C=C\C/C=C\C/C=C\C/C=C\C/C=C\CCCCCCCCCCCCC(=O)NC(COC1OC(CO)C(O)C(O)C1O)C(O)/C=C/CCCCCCCCCCCCCCCCCCCCCCCCCC. The molecule has 7 unspecified atom stereocenters. The van der Waals surface area contributed by atoms with Crippen LogP contribution in [0.2, 0.25) is 0 Å². The van der Waals surface area contributed by atoms with E-state index >= 15 is 0 Å². The predicted octanol–water partition coefficient (Wildman–Crippen LogP) is 19.2. The van der Waals surface area contributed by atoms with Gasteiger partial charge in [-0.25, -0.2) is 0 Å². The van der Waals surface area contributed by atoms with Gasteiger partial charge in [0.25, 0.3) is 0 Å². The lowest BCUT2D eigenvalue weighted by atomic mass is 9.99. The van der Waals surface area contributed by atoms with Crippen molar-refractivity contribution in [3.63, 3.8) is 0 Å². The lowest BCUT2D eigenvalue weighted by Gasteiger charge is -2.40. The lowest BCUT2D eigenvalue weighted by molar-refractivity contribution is -0.302. The number of allylic oxidation sites excluding steroid dienone is 17. The van der Waals surface area contributed by atoms with Crippen molar-refractivity contribution in [2.24, 2.45) is 0 Å². The van der Waals surface area contributed by atoms with E-state index in [9.17, 15) is 30.3 Å². The molecule has 0 aromatic rings. The summed E-state index contributed by atoms with van der Waals surface area (Å²) in [5.41, 5.74) is 0. The smallest absolute Gasteiger partial charge is 0.220 e. The molecule has 9 nitrogen and oxygen atoms in total. The zero-order chi connectivity index (χ0) is 60.7. The second kappa shape index (κ2) is 62.9. The average molecular weight is 1170 g/mol. The van der Waals surface area contributed by atoms with Crippen LogP contribution in [0.15, 0.2) is 109 Å². The highest BCUT2D eigenvalue weighted by molar-refractivity contribution is 5.76. The van der Waals surface area contributed by atoms with Gasteiger partial charge in [0.1, 0.15) is 24.4 Å². The fourth-order valence-electron chi connectivity index (χ4n) is 10.6. The topological polar surface area (TPSA) is 149 Å². The molecular weight excluding hydrogens is 1040 g/mol. The third kappa shape index (κ3) is 50.9. The first kappa shape index (κ1) is 78.9. The van der Waals surface area contributed by atoms with E-state index in [4.69, 9.17) is 9.47 Å². The predicted molar refractivity (Wildman–Crippen MR) is 359 cm³/mol. The maximum Gasteiger partial charge on any atom is 0.220 e. The maximum atomic E-state index is 13.1. The Bertz CT molecular complexity index is 1690. The van der Waals surface area contributed by atoms with E-state index in [-0.39, 0.29) is 12.5 Å². The number of carbonyl (C=O) groups is 1. The number of ether oxygens (including phenoxy) is 2. The van der Waals surface area contributed by atoms with E-state index in [2.05, 4.69) is 116 Å². The Morgan fingerprint density at radius 2 is 0.738 bits per heavy atom. The van der Waals surface area contributed by atoms with Crippen LogP contribution in [0, 0.1) is 0 Å². The summed E-state index contributed by atoms with van der Waals surface area (Å²) in [5.74, 6) is -0.182. The van der Waals surface area contributed by atoms with Crippen LogP contribution >= 0.6 is 0 Å². The highest BCUT2D eigenvalue weighted by Gasteiger charge is 2.44. The molecule has 0 radical (unpaired) electrons. The summed E-state index contributed by atoms with van der Waals surface area (Å²) < 4.78 is 11.3. The molecule has 1 saturated heterocycles. The second-order valence-corrected chi connectivity index (χ2v) is 23.9. The number of rotatable bonds is 60. The number of hydrogen-bond donors (Lipinski definition) is 6. The zero-order valence-corrected chi connectivity index (χ0v) is 54.1. The van der Waals surface area contributed by atoms with Gasteiger partial charge in [-0.05, 0) is 83.5 Å². The third-order valence-electron chi connectivity index (χ3n) is 16.1. The largest absolute Gasteiger partial charge is 0.394 e. The van der Waals surface area contributed by atoms with E-state index < -0.39 is 49.5 Å². The third-order valence-corrected chi connectivity index (χ3v) is 16.1.